The summed E-state index contributed by atoms with van der Waals surface area (Å²) in [4.78, 5) is 14.1. The zero-order valence-corrected chi connectivity index (χ0v) is 13.0. The van der Waals surface area contributed by atoms with E-state index < -0.39 is 0 Å². The molecule has 1 aliphatic rings. The number of methoxy groups -OCH3 is 2. The van der Waals surface area contributed by atoms with Crippen LogP contribution in [0.1, 0.15) is 25.3 Å². The van der Waals surface area contributed by atoms with Crippen LogP contribution in [-0.4, -0.2) is 38.1 Å². The van der Waals surface area contributed by atoms with E-state index in [4.69, 9.17) is 9.47 Å². The molecule has 21 heavy (non-hydrogen) atoms. The van der Waals surface area contributed by atoms with Crippen molar-refractivity contribution in [2.24, 2.45) is 5.92 Å². The first-order valence-corrected chi connectivity index (χ1v) is 7.33. The SMILES string of the molecule is COc1ccc(/C=C/C(=O)N2CCCC(C)C2)cc1OC. The van der Waals surface area contributed by atoms with Crippen LogP contribution in [0.25, 0.3) is 6.08 Å². The normalized spacial score (nSPS) is 18.8. The van der Waals surface area contributed by atoms with Gasteiger partial charge in [0.25, 0.3) is 0 Å². The van der Waals surface area contributed by atoms with E-state index in [1.807, 2.05) is 29.2 Å². The van der Waals surface area contributed by atoms with E-state index in [9.17, 15) is 4.79 Å². The molecule has 1 saturated heterocycles. The van der Waals surface area contributed by atoms with Gasteiger partial charge in [-0.15, -0.1) is 0 Å². The average molecular weight is 289 g/mol. The Bertz CT molecular complexity index is 525. The second-order valence-corrected chi connectivity index (χ2v) is 5.48. The average Bonchev–Trinajstić information content (AvgIpc) is 2.52. The van der Waals surface area contributed by atoms with E-state index in [1.165, 1.54) is 6.42 Å². The first-order valence-electron chi connectivity index (χ1n) is 7.33. The lowest BCUT2D eigenvalue weighted by atomic mass is 10.0. The van der Waals surface area contributed by atoms with Crippen LogP contribution < -0.4 is 9.47 Å². The van der Waals surface area contributed by atoms with Gasteiger partial charge in [-0.3, -0.25) is 4.79 Å². The molecule has 1 atom stereocenters. The van der Waals surface area contributed by atoms with Crippen LogP contribution in [0.3, 0.4) is 0 Å². The number of nitrogens with zero attached hydrogens (tertiary/aromatic N) is 1. The van der Waals surface area contributed by atoms with Crippen LogP contribution in [0.2, 0.25) is 0 Å². The van der Waals surface area contributed by atoms with Crippen LogP contribution in [0, 0.1) is 5.92 Å². The maximum atomic E-state index is 12.2. The minimum absolute atomic E-state index is 0.0799. The first-order chi connectivity index (χ1) is 10.1. The lowest BCUT2D eigenvalue weighted by Gasteiger charge is -2.30. The van der Waals surface area contributed by atoms with Gasteiger partial charge < -0.3 is 14.4 Å². The van der Waals surface area contributed by atoms with E-state index in [-0.39, 0.29) is 5.91 Å². The molecule has 4 heteroatoms. The molecule has 0 radical (unpaired) electrons. The number of piperidine rings is 1. The number of benzene rings is 1. The highest BCUT2D eigenvalue weighted by atomic mass is 16.5. The minimum atomic E-state index is 0.0799. The Morgan fingerprint density at radius 1 is 1.29 bits per heavy atom. The van der Waals surface area contributed by atoms with E-state index in [1.54, 1.807) is 20.3 Å². The van der Waals surface area contributed by atoms with Gasteiger partial charge in [-0.2, -0.15) is 0 Å². The zero-order valence-electron chi connectivity index (χ0n) is 13.0. The standard InChI is InChI=1S/C17H23NO3/c1-13-5-4-10-18(12-13)17(19)9-7-14-6-8-15(20-2)16(11-14)21-3/h6-9,11,13H,4-5,10,12H2,1-3H3/b9-7+. The Hall–Kier alpha value is -1.97. The summed E-state index contributed by atoms with van der Waals surface area (Å²) in [6.45, 7) is 3.91. The number of rotatable bonds is 4. The van der Waals surface area contributed by atoms with Gasteiger partial charge in [-0.1, -0.05) is 13.0 Å². The fourth-order valence-corrected chi connectivity index (χ4v) is 2.62. The van der Waals surface area contributed by atoms with Crippen molar-refractivity contribution in [1.29, 1.82) is 0 Å². The van der Waals surface area contributed by atoms with Crippen molar-refractivity contribution in [3.63, 3.8) is 0 Å². The Kier molecular flexibility index (Phi) is 5.26. The predicted molar refractivity (Wildman–Crippen MR) is 83.6 cm³/mol. The number of carbonyl (C=O) groups is 1. The Balaban J connectivity index is 2.04. The third-order valence-electron chi connectivity index (χ3n) is 3.79. The van der Waals surface area contributed by atoms with Crippen molar-refractivity contribution in [1.82, 2.24) is 4.90 Å². The fraction of sp³-hybridized carbons (Fsp3) is 0.471. The molecule has 1 aromatic carbocycles. The number of carbonyl (C=O) groups excluding carboxylic acids is 1. The quantitative estimate of drug-likeness (QED) is 0.800. The second-order valence-electron chi connectivity index (χ2n) is 5.48. The molecule has 0 N–H and O–H groups in total. The molecular weight excluding hydrogens is 266 g/mol. The van der Waals surface area contributed by atoms with E-state index in [0.29, 0.717) is 17.4 Å². The number of hydrogen-bond donors (Lipinski definition) is 0. The number of ether oxygens (including phenoxy) is 2. The van der Waals surface area contributed by atoms with E-state index in [0.717, 1.165) is 25.1 Å². The number of amides is 1. The number of likely N-dealkylation sites (tertiary alicyclic amines) is 1. The van der Waals surface area contributed by atoms with Gasteiger partial charge in [0.2, 0.25) is 5.91 Å². The summed E-state index contributed by atoms with van der Waals surface area (Å²) >= 11 is 0. The minimum Gasteiger partial charge on any atom is -0.493 e. The van der Waals surface area contributed by atoms with Gasteiger partial charge in [0.05, 0.1) is 14.2 Å². The molecule has 0 aromatic heterocycles. The molecule has 1 heterocycles. The third-order valence-corrected chi connectivity index (χ3v) is 3.79. The maximum absolute atomic E-state index is 12.2. The number of hydrogen-bond acceptors (Lipinski definition) is 3. The molecule has 114 valence electrons. The smallest absolute Gasteiger partial charge is 0.246 e. The van der Waals surface area contributed by atoms with Crippen molar-refractivity contribution < 1.29 is 14.3 Å². The topological polar surface area (TPSA) is 38.8 Å². The van der Waals surface area contributed by atoms with Crippen molar-refractivity contribution in [3.8, 4) is 11.5 Å². The van der Waals surface area contributed by atoms with Crippen LogP contribution in [0.5, 0.6) is 11.5 Å². The Labute approximate surface area is 126 Å². The summed E-state index contributed by atoms with van der Waals surface area (Å²) in [5.74, 6) is 2.03. The molecule has 0 aliphatic carbocycles. The fourth-order valence-electron chi connectivity index (χ4n) is 2.62. The molecule has 0 bridgehead atoms. The highest BCUT2D eigenvalue weighted by Gasteiger charge is 2.18. The highest BCUT2D eigenvalue weighted by Crippen LogP contribution is 2.28. The van der Waals surface area contributed by atoms with E-state index >= 15 is 0 Å². The van der Waals surface area contributed by atoms with Crippen LogP contribution in [0.15, 0.2) is 24.3 Å². The first kappa shape index (κ1) is 15.4. The van der Waals surface area contributed by atoms with Crippen LogP contribution >= 0.6 is 0 Å². The van der Waals surface area contributed by atoms with Crippen LogP contribution in [0.4, 0.5) is 0 Å². The Morgan fingerprint density at radius 3 is 2.71 bits per heavy atom. The van der Waals surface area contributed by atoms with E-state index in [2.05, 4.69) is 6.92 Å². The summed E-state index contributed by atoms with van der Waals surface area (Å²) in [6.07, 6.45) is 5.77. The van der Waals surface area contributed by atoms with Gasteiger partial charge in [0.1, 0.15) is 0 Å². The van der Waals surface area contributed by atoms with Crippen molar-refractivity contribution in [2.45, 2.75) is 19.8 Å². The molecule has 1 aliphatic heterocycles. The predicted octanol–water partition coefficient (Wildman–Crippen LogP) is 2.98. The molecule has 1 amide bonds. The van der Waals surface area contributed by atoms with Gasteiger partial charge in [0.15, 0.2) is 11.5 Å². The van der Waals surface area contributed by atoms with Crippen molar-refractivity contribution in [3.05, 3.63) is 29.8 Å². The lowest BCUT2D eigenvalue weighted by molar-refractivity contribution is -0.127. The van der Waals surface area contributed by atoms with Crippen molar-refractivity contribution in [2.75, 3.05) is 27.3 Å². The highest BCUT2D eigenvalue weighted by molar-refractivity contribution is 5.91. The monoisotopic (exact) mass is 289 g/mol. The molecule has 1 unspecified atom stereocenters. The molecule has 0 saturated carbocycles. The van der Waals surface area contributed by atoms with Gasteiger partial charge >= 0.3 is 0 Å². The zero-order chi connectivity index (χ0) is 15.2. The van der Waals surface area contributed by atoms with Gasteiger partial charge in [-0.25, -0.2) is 0 Å². The van der Waals surface area contributed by atoms with Crippen LogP contribution in [-0.2, 0) is 4.79 Å². The summed E-state index contributed by atoms with van der Waals surface area (Å²) < 4.78 is 10.5. The largest absolute Gasteiger partial charge is 0.493 e. The summed E-state index contributed by atoms with van der Waals surface area (Å²) in [5, 5.41) is 0. The summed E-state index contributed by atoms with van der Waals surface area (Å²) in [5.41, 5.74) is 0.922. The van der Waals surface area contributed by atoms with Gasteiger partial charge in [0, 0.05) is 19.2 Å². The van der Waals surface area contributed by atoms with Crippen molar-refractivity contribution >= 4 is 12.0 Å². The molecule has 1 fully saturated rings. The summed E-state index contributed by atoms with van der Waals surface area (Å²) in [7, 11) is 3.21. The Morgan fingerprint density at radius 2 is 2.05 bits per heavy atom. The summed E-state index contributed by atoms with van der Waals surface area (Å²) in [6, 6.07) is 5.61. The molecule has 1 aromatic rings. The second kappa shape index (κ2) is 7.16. The molecule has 4 nitrogen and oxygen atoms in total. The maximum Gasteiger partial charge on any atom is 0.246 e. The molecule has 2 rings (SSSR count). The van der Waals surface area contributed by atoms with Gasteiger partial charge in [-0.05, 0) is 42.5 Å². The lowest BCUT2D eigenvalue weighted by Crippen LogP contribution is -2.38. The third kappa shape index (κ3) is 4.00. The molecular formula is C17H23NO3. The molecule has 0 spiro atoms.